The van der Waals surface area contributed by atoms with Crippen molar-refractivity contribution < 1.29 is 28.7 Å². The van der Waals surface area contributed by atoms with Crippen molar-refractivity contribution in [3.63, 3.8) is 0 Å². The first kappa shape index (κ1) is 35.6. The van der Waals surface area contributed by atoms with Gasteiger partial charge in [-0.2, -0.15) is 0 Å². The van der Waals surface area contributed by atoms with Crippen LogP contribution in [0.5, 0.6) is 0 Å². The Hall–Kier alpha value is -3.88. The van der Waals surface area contributed by atoms with Gasteiger partial charge in [0.2, 0.25) is 11.8 Å². The largest absolute Gasteiger partial charge is 0.458 e. The molecule has 3 rings (SSSR count). The number of carbonyl (C=O) groups is 4. The van der Waals surface area contributed by atoms with Gasteiger partial charge in [-0.3, -0.25) is 9.59 Å². The van der Waals surface area contributed by atoms with Crippen molar-refractivity contribution in [2.24, 2.45) is 5.92 Å². The first-order valence-corrected chi connectivity index (χ1v) is 15.8. The molecule has 3 atom stereocenters. The third-order valence-electron chi connectivity index (χ3n) is 7.56. The van der Waals surface area contributed by atoms with Crippen molar-refractivity contribution >= 4 is 23.9 Å². The first-order chi connectivity index (χ1) is 20.9. The summed E-state index contributed by atoms with van der Waals surface area (Å²) in [5, 5.41) is 5.74. The Morgan fingerprint density at radius 2 is 1.44 bits per heavy atom. The Bertz CT molecular complexity index is 1360. The highest BCUT2D eigenvalue weighted by Crippen LogP contribution is 2.37. The van der Waals surface area contributed by atoms with Crippen LogP contribution >= 0.6 is 0 Å². The number of hydrogen-bond acceptors (Lipinski definition) is 6. The van der Waals surface area contributed by atoms with Gasteiger partial charge in [-0.1, -0.05) is 62.4 Å². The Labute approximate surface area is 268 Å². The number of rotatable bonds is 11. The summed E-state index contributed by atoms with van der Waals surface area (Å²) in [6.07, 6.45) is 0.951. The number of nitrogens with one attached hydrogen (secondary N) is 2. The lowest BCUT2D eigenvalue weighted by Crippen LogP contribution is -2.57. The molecule has 0 spiro atoms. The molecule has 9 nitrogen and oxygen atoms in total. The van der Waals surface area contributed by atoms with Crippen LogP contribution in [0.4, 0.5) is 4.79 Å². The number of benzene rings is 2. The van der Waals surface area contributed by atoms with E-state index in [1.165, 1.54) is 0 Å². The van der Waals surface area contributed by atoms with Crippen LogP contribution in [-0.4, -0.2) is 58.1 Å². The lowest BCUT2D eigenvalue weighted by Gasteiger charge is -2.37. The summed E-state index contributed by atoms with van der Waals surface area (Å²) >= 11 is 0. The van der Waals surface area contributed by atoms with E-state index >= 15 is 0 Å². The van der Waals surface area contributed by atoms with Gasteiger partial charge in [-0.15, -0.1) is 0 Å². The monoisotopic (exact) mass is 621 g/mol. The summed E-state index contributed by atoms with van der Waals surface area (Å²) in [5.41, 5.74) is 1.84. The average molecular weight is 622 g/mol. The minimum Gasteiger partial charge on any atom is -0.458 e. The maximum absolute atomic E-state index is 14.5. The maximum Gasteiger partial charge on any atom is 0.408 e. The van der Waals surface area contributed by atoms with Crippen molar-refractivity contribution in [3.05, 3.63) is 70.8 Å². The molecule has 0 aromatic heterocycles. The van der Waals surface area contributed by atoms with E-state index in [4.69, 9.17) is 9.47 Å². The average Bonchev–Trinajstić information content (AvgIpc) is 3.75. The molecule has 2 N–H and O–H groups in total. The van der Waals surface area contributed by atoms with Crippen molar-refractivity contribution in [1.29, 1.82) is 0 Å². The first-order valence-electron chi connectivity index (χ1n) is 15.8. The van der Waals surface area contributed by atoms with E-state index < -0.39 is 47.3 Å². The Morgan fingerprint density at radius 1 is 0.844 bits per heavy atom. The molecule has 2 aromatic carbocycles. The topological polar surface area (TPSA) is 114 Å². The second kappa shape index (κ2) is 14.5. The van der Waals surface area contributed by atoms with E-state index in [1.54, 1.807) is 46.4 Å². The van der Waals surface area contributed by atoms with Gasteiger partial charge < -0.3 is 25.0 Å². The Morgan fingerprint density at radius 3 is 1.98 bits per heavy atom. The van der Waals surface area contributed by atoms with Crippen LogP contribution in [0, 0.1) is 19.8 Å². The van der Waals surface area contributed by atoms with E-state index in [2.05, 4.69) is 10.6 Å². The van der Waals surface area contributed by atoms with Crippen LogP contribution in [0.1, 0.15) is 96.5 Å². The fourth-order valence-electron chi connectivity index (χ4n) is 5.13. The van der Waals surface area contributed by atoms with E-state index in [0.717, 1.165) is 29.5 Å². The summed E-state index contributed by atoms with van der Waals surface area (Å²) in [6, 6.07) is 11.9. The summed E-state index contributed by atoms with van der Waals surface area (Å²) in [6.45, 7) is 18.2. The van der Waals surface area contributed by atoms with E-state index in [0.29, 0.717) is 5.56 Å². The van der Waals surface area contributed by atoms with Gasteiger partial charge in [0.15, 0.2) is 0 Å². The number of alkyl carbamates (subject to hydrolysis) is 1. The van der Waals surface area contributed by atoms with Gasteiger partial charge in [-0.25, -0.2) is 9.59 Å². The molecule has 3 unspecified atom stereocenters. The molecule has 3 amide bonds. The van der Waals surface area contributed by atoms with Crippen LogP contribution in [0.25, 0.3) is 0 Å². The van der Waals surface area contributed by atoms with Crippen molar-refractivity contribution in [2.45, 2.75) is 124 Å². The van der Waals surface area contributed by atoms with Crippen LogP contribution < -0.4 is 10.6 Å². The van der Waals surface area contributed by atoms with Crippen molar-refractivity contribution in [3.8, 4) is 0 Å². The van der Waals surface area contributed by atoms with Crippen molar-refractivity contribution in [2.75, 3.05) is 0 Å². The molecule has 1 aliphatic rings. The normalized spacial score (nSPS) is 15.4. The molecule has 0 heterocycles. The van der Waals surface area contributed by atoms with Gasteiger partial charge in [0.1, 0.15) is 29.3 Å². The highest BCUT2D eigenvalue weighted by atomic mass is 16.6. The molecular formula is C36H51N3O6. The van der Waals surface area contributed by atoms with Crippen molar-refractivity contribution in [1.82, 2.24) is 15.5 Å². The van der Waals surface area contributed by atoms with E-state index in [9.17, 15) is 19.2 Å². The van der Waals surface area contributed by atoms with Crippen LogP contribution in [0.15, 0.2) is 48.5 Å². The lowest BCUT2D eigenvalue weighted by atomic mass is 9.93. The third-order valence-corrected chi connectivity index (χ3v) is 7.56. The Balaban J connectivity index is 2.06. The number of aryl methyl sites for hydroxylation is 1. The van der Waals surface area contributed by atoms with Gasteiger partial charge >= 0.3 is 12.1 Å². The predicted molar refractivity (Wildman–Crippen MR) is 174 cm³/mol. The molecule has 246 valence electrons. The fraction of sp³-hybridized carbons (Fsp3) is 0.556. The molecular weight excluding hydrogens is 570 g/mol. The van der Waals surface area contributed by atoms with Gasteiger partial charge in [-0.05, 0) is 96.4 Å². The van der Waals surface area contributed by atoms with Crippen LogP contribution in [0.3, 0.4) is 0 Å². The van der Waals surface area contributed by atoms with Crippen LogP contribution in [-0.2, 0) is 30.3 Å². The standard InChI is InChI=1S/C36H51N3O6/c1-22(2)29(38-34(43)45-36(8,9)10)32(41)39(26-19-20-26)30(27-18-14-15-23(3)24(27)4)31(40)37-28(33(42)44-35(5,6)7)21-25-16-12-11-13-17-25/h11-18,22,26,28-30H,19-21H2,1-10H3,(H,37,40)(H,38,43). The summed E-state index contributed by atoms with van der Waals surface area (Å²) < 4.78 is 11.2. The van der Waals surface area contributed by atoms with E-state index in [1.807, 2.05) is 76.2 Å². The summed E-state index contributed by atoms with van der Waals surface area (Å²) in [5.74, 6) is -1.72. The zero-order chi connectivity index (χ0) is 33.7. The molecule has 2 aromatic rings. The highest BCUT2D eigenvalue weighted by Gasteiger charge is 2.46. The minimum absolute atomic E-state index is 0.205. The Kier molecular flexibility index (Phi) is 11.5. The number of hydrogen-bond donors (Lipinski definition) is 2. The van der Waals surface area contributed by atoms with Gasteiger partial charge in [0.25, 0.3) is 0 Å². The second-order valence-corrected chi connectivity index (χ2v) is 14.3. The molecule has 0 bridgehead atoms. The molecule has 1 aliphatic carbocycles. The van der Waals surface area contributed by atoms with E-state index in [-0.39, 0.29) is 24.3 Å². The quantitative estimate of drug-likeness (QED) is 0.300. The molecule has 0 saturated heterocycles. The minimum atomic E-state index is -1.05. The molecule has 9 heteroatoms. The number of nitrogens with zero attached hydrogens (tertiary/aromatic N) is 1. The van der Waals surface area contributed by atoms with Gasteiger partial charge in [0.05, 0.1) is 0 Å². The molecule has 0 aliphatic heterocycles. The molecule has 0 radical (unpaired) electrons. The maximum atomic E-state index is 14.5. The van der Waals surface area contributed by atoms with Gasteiger partial charge in [0, 0.05) is 12.5 Å². The SMILES string of the molecule is Cc1cccc(C(C(=O)NC(Cc2ccccc2)C(=O)OC(C)(C)C)N(C(=O)C(NC(=O)OC(C)(C)C)C(C)C)C2CC2)c1C. The summed E-state index contributed by atoms with van der Waals surface area (Å²) in [4.78, 5) is 56.9. The lowest BCUT2D eigenvalue weighted by molar-refractivity contribution is -0.159. The van der Waals surface area contributed by atoms with Crippen LogP contribution in [0.2, 0.25) is 0 Å². The zero-order valence-corrected chi connectivity index (χ0v) is 28.5. The molecule has 1 saturated carbocycles. The second-order valence-electron chi connectivity index (χ2n) is 14.3. The number of carbonyl (C=O) groups excluding carboxylic acids is 4. The zero-order valence-electron chi connectivity index (χ0n) is 28.5. The number of ether oxygens (including phenoxy) is 2. The summed E-state index contributed by atoms with van der Waals surface area (Å²) in [7, 11) is 0. The molecule has 1 fully saturated rings. The smallest absolute Gasteiger partial charge is 0.408 e. The molecule has 45 heavy (non-hydrogen) atoms. The number of esters is 1. The fourth-order valence-corrected chi connectivity index (χ4v) is 5.13. The predicted octanol–water partition coefficient (Wildman–Crippen LogP) is 5.95. The number of amides is 3. The highest BCUT2D eigenvalue weighted by molar-refractivity contribution is 5.94. The third kappa shape index (κ3) is 10.3.